The molecule has 0 fully saturated rings. The Kier molecular flexibility index (Phi) is 3.93. The van der Waals surface area contributed by atoms with Gasteiger partial charge in [-0.1, -0.05) is 22.0 Å². The van der Waals surface area contributed by atoms with E-state index in [4.69, 9.17) is 9.47 Å². The van der Waals surface area contributed by atoms with Gasteiger partial charge in [0.05, 0.1) is 0 Å². The van der Waals surface area contributed by atoms with Crippen molar-refractivity contribution in [3.05, 3.63) is 64.3 Å². The molecule has 1 aromatic heterocycles. The predicted octanol–water partition coefficient (Wildman–Crippen LogP) is 4.59. The van der Waals surface area contributed by atoms with Gasteiger partial charge < -0.3 is 19.4 Å². The molecule has 3 aromatic rings. The third kappa shape index (κ3) is 2.90. The van der Waals surface area contributed by atoms with Crippen molar-refractivity contribution < 1.29 is 14.3 Å². The van der Waals surface area contributed by atoms with Crippen LogP contribution in [0.15, 0.2) is 53.1 Å². The zero-order valence-corrected chi connectivity index (χ0v) is 16.1. The van der Waals surface area contributed by atoms with Gasteiger partial charge in [-0.2, -0.15) is 0 Å². The Morgan fingerprint density at radius 1 is 1.11 bits per heavy atom. The molecule has 0 saturated heterocycles. The fraction of sp³-hybridized carbons (Fsp3) is 0.190. The van der Waals surface area contributed by atoms with Crippen molar-refractivity contribution in [2.24, 2.45) is 0 Å². The lowest BCUT2D eigenvalue weighted by atomic mass is 9.98. The van der Waals surface area contributed by atoms with Crippen LogP contribution in [0.2, 0.25) is 0 Å². The maximum Gasteiger partial charge on any atom is 0.254 e. The number of hydrogen-bond acceptors (Lipinski definition) is 3. The number of ether oxygens (including phenoxy) is 2. The predicted molar refractivity (Wildman–Crippen MR) is 107 cm³/mol. The molecule has 2 aliphatic heterocycles. The molecule has 0 unspecified atom stereocenters. The highest BCUT2D eigenvalue weighted by molar-refractivity contribution is 9.10. The molecule has 6 heteroatoms. The van der Waals surface area contributed by atoms with E-state index in [-0.39, 0.29) is 12.7 Å². The SMILES string of the molecule is O=C(c1ccc2c(c1)OCO2)N1CC=C(c2c[nH]c3ccc(Br)cc23)CC1. The summed E-state index contributed by atoms with van der Waals surface area (Å²) in [4.78, 5) is 18.0. The van der Waals surface area contributed by atoms with Crippen LogP contribution in [0.1, 0.15) is 22.3 Å². The Balaban J connectivity index is 1.37. The number of aromatic nitrogens is 1. The summed E-state index contributed by atoms with van der Waals surface area (Å²) >= 11 is 3.55. The van der Waals surface area contributed by atoms with Crippen LogP contribution in [0.4, 0.5) is 0 Å². The third-order valence-electron chi connectivity index (χ3n) is 5.11. The van der Waals surface area contributed by atoms with Crippen molar-refractivity contribution in [3.63, 3.8) is 0 Å². The molecule has 0 saturated carbocycles. The number of hydrogen-bond donors (Lipinski definition) is 1. The highest BCUT2D eigenvalue weighted by atomic mass is 79.9. The maximum absolute atomic E-state index is 12.8. The first-order chi connectivity index (χ1) is 13.2. The molecule has 5 rings (SSSR count). The smallest absolute Gasteiger partial charge is 0.254 e. The van der Waals surface area contributed by atoms with Gasteiger partial charge in [-0.05, 0) is 48.4 Å². The highest BCUT2D eigenvalue weighted by Crippen LogP contribution is 2.34. The van der Waals surface area contributed by atoms with E-state index in [9.17, 15) is 4.79 Å². The summed E-state index contributed by atoms with van der Waals surface area (Å²) < 4.78 is 11.8. The molecular formula is C21H17BrN2O3. The van der Waals surface area contributed by atoms with Gasteiger partial charge in [0, 0.05) is 45.8 Å². The number of fused-ring (bicyclic) bond motifs is 2. The van der Waals surface area contributed by atoms with Crippen molar-refractivity contribution in [2.75, 3.05) is 19.9 Å². The van der Waals surface area contributed by atoms with E-state index >= 15 is 0 Å². The fourth-order valence-corrected chi connectivity index (χ4v) is 4.03. The molecule has 1 amide bonds. The largest absolute Gasteiger partial charge is 0.454 e. The van der Waals surface area contributed by atoms with E-state index in [1.165, 1.54) is 16.5 Å². The molecular weight excluding hydrogens is 408 g/mol. The number of rotatable bonds is 2. The lowest BCUT2D eigenvalue weighted by Crippen LogP contribution is -2.34. The average Bonchev–Trinajstić information content (AvgIpc) is 3.33. The Bertz CT molecular complexity index is 1090. The molecule has 136 valence electrons. The second-order valence-electron chi connectivity index (χ2n) is 6.69. The molecule has 3 heterocycles. The number of aromatic amines is 1. The molecule has 5 nitrogen and oxygen atoms in total. The normalized spacial score (nSPS) is 15.9. The first kappa shape index (κ1) is 16.4. The number of amides is 1. The van der Waals surface area contributed by atoms with Crippen molar-refractivity contribution >= 4 is 38.3 Å². The Morgan fingerprint density at radius 3 is 2.85 bits per heavy atom. The Morgan fingerprint density at radius 2 is 2.00 bits per heavy atom. The minimum Gasteiger partial charge on any atom is -0.454 e. The zero-order valence-electron chi connectivity index (χ0n) is 14.5. The zero-order chi connectivity index (χ0) is 18.4. The molecule has 0 atom stereocenters. The van der Waals surface area contributed by atoms with Crippen molar-refractivity contribution in [3.8, 4) is 11.5 Å². The number of H-pyrrole nitrogens is 1. The Labute approximate surface area is 164 Å². The summed E-state index contributed by atoms with van der Waals surface area (Å²) in [6.45, 7) is 1.51. The number of nitrogens with one attached hydrogen (secondary N) is 1. The second-order valence-corrected chi connectivity index (χ2v) is 7.61. The average molecular weight is 425 g/mol. The van der Waals surface area contributed by atoms with Gasteiger partial charge in [0.25, 0.3) is 5.91 Å². The quantitative estimate of drug-likeness (QED) is 0.654. The minimum atomic E-state index is 0.0188. The number of carbonyl (C=O) groups is 1. The van der Waals surface area contributed by atoms with E-state index < -0.39 is 0 Å². The minimum absolute atomic E-state index is 0.0188. The second kappa shape index (κ2) is 6.46. The maximum atomic E-state index is 12.8. The van der Waals surface area contributed by atoms with Crippen molar-refractivity contribution in [2.45, 2.75) is 6.42 Å². The molecule has 0 radical (unpaired) electrons. The van der Waals surface area contributed by atoms with Crippen LogP contribution in [0.5, 0.6) is 11.5 Å². The van der Waals surface area contributed by atoms with E-state index in [0.29, 0.717) is 30.2 Å². The lowest BCUT2D eigenvalue weighted by Gasteiger charge is -2.26. The van der Waals surface area contributed by atoms with Gasteiger partial charge in [0.2, 0.25) is 6.79 Å². The molecule has 0 spiro atoms. The van der Waals surface area contributed by atoms with Crippen LogP contribution < -0.4 is 9.47 Å². The first-order valence-electron chi connectivity index (χ1n) is 8.84. The molecule has 0 bridgehead atoms. The topological polar surface area (TPSA) is 54.6 Å². The molecule has 2 aliphatic rings. The van der Waals surface area contributed by atoms with Gasteiger partial charge in [-0.15, -0.1) is 0 Å². The van der Waals surface area contributed by atoms with E-state index in [0.717, 1.165) is 16.4 Å². The summed E-state index contributed by atoms with van der Waals surface area (Å²) in [7, 11) is 0. The number of benzene rings is 2. The van der Waals surface area contributed by atoms with Gasteiger partial charge in [0.1, 0.15) is 0 Å². The summed E-state index contributed by atoms with van der Waals surface area (Å²) in [6, 6.07) is 11.6. The standard InChI is InChI=1S/C21H17BrN2O3/c22-15-2-3-18-16(10-15)17(11-23-18)13-5-7-24(8-6-13)21(25)14-1-4-19-20(9-14)27-12-26-19/h1-5,9-11,23H,6-8,12H2. The van der Waals surface area contributed by atoms with Crippen LogP contribution in [0.25, 0.3) is 16.5 Å². The van der Waals surface area contributed by atoms with Crippen LogP contribution >= 0.6 is 15.9 Å². The van der Waals surface area contributed by atoms with Gasteiger partial charge in [0.15, 0.2) is 11.5 Å². The van der Waals surface area contributed by atoms with Crippen LogP contribution in [-0.4, -0.2) is 35.7 Å². The van der Waals surface area contributed by atoms with Crippen LogP contribution in [0.3, 0.4) is 0 Å². The number of halogens is 1. The summed E-state index contributed by atoms with van der Waals surface area (Å²) in [5.74, 6) is 1.35. The van der Waals surface area contributed by atoms with Crippen molar-refractivity contribution in [1.82, 2.24) is 9.88 Å². The lowest BCUT2D eigenvalue weighted by molar-refractivity contribution is 0.0772. The molecule has 0 aliphatic carbocycles. The van der Waals surface area contributed by atoms with E-state index in [1.807, 2.05) is 11.0 Å². The molecule has 2 aromatic carbocycles. The van der Waals surface area contributed by atoms with Crippen LogP contribution in [0, 0.1) is 0 Å². The summed E-state index contributed by atoms with van der Waals surface area (Å²) in [6.07, 6.45) is 5.03. The monoisotopic (exact) mass is 424 g/mol. The molecule has 1 N–H and O–H groups in total. The third-order valence-corrected chi connectivity index (χ3v) is 5.60. The van der Waals surface area contributed by atoms with Crippen LogP contribution in [-0.2, 0) is 0 Å². The van der Waals surface area contributed by atoms with E-state index in [2.05, 4.69) is 45.3 Å². The highest BCUT2D eigenvalue weighted by Gasteiger charge is 2.23. The molecule has 27 heavy (non-hydrogen) atoms. The first-order valence-corrected chi connectivity index (χ1v) is 9.63. The fourth-order valence-electron chi connectivity index (χ4n) is 3.67. The van der Waals surface area contributed by atoms with Gasteiger partial charge in [-0.3, -0.25) is 4.79 Å². The summed E-state index contributed by atoms with van der Waals surface area (Å²) in [5.41, 5.74) is 4.23. The van der Waals surface area contributed by atoms with Gasteiger partial charge >= 0.3 is 0 Å². The van der Waals surface area contributed by atoms with E-state index in [1.54, 1.807) is 18.2 Å². The summed E-state index contributed by atoms with van der Waals surface area (Å²) in [5, 5.41) is 1.20. The number of nitrogens with zero attached hydrogens (tertiary/aromatic N) is 1. The van der Waals surface area contributed by atoms with Gasteiger partial charge in [-0.25, -0.2) is 0 Å². The Hall–Kier alpha value is -2.73. The van der Waals surface area contributed by atoms with Crippen molar-refractivity contribution in [1.29, 1.82) is 0 Å². The number of carbonyl (C=O) groups excluding carboxylic acids is 1.